The number of benzene rings is 1. The van der Waals surface area contributed by atoms with Crippen LogP contribution in [0.3, 0.4) is 0 Å². The minimum Gasteiger partial charge on any atom is -0.493 e. The van der Waals surface area contributed by atoms with E-state index in [1.807, 2.05) is 0 Å². The van der Waals surface area contributed by atoms with Crippen LogP contribution in [0.5, 0.6) is 5.75 Å². The zero-order valence-electron chi connectivity index (χ0n) is 12.9. The van der Waals surface area contributed by atoms with E-state index in [2.05, 4.69) is 9.97 Å². The molecule has 1 aromatic heterocycles. The summed E-state index contributed by atoms with van der Waals surface area (Å²) in [5.74, 6) is -3.55. The Morgan fingerprint density at radius 1 is 1.08 bits per heavy atom. The highest BCUT2D eigenvalue weighted by molar-refractivity contribution is 5.84. The lowest BCUT2D eigenvalue weighted by Crippen LogP contribution is -2.14. The lowest BCUT2D eigenvalue weighted by Gasteiger charge is -2.15. The van der Waals surface area contributed by atoms with Crippen molar-refractivity contribution in [2.45, 2.75) is 19.3 Å². The summed E-state index contributed by atoms with van der Waals surface area (Å²) in [6.45, 7) is 1.31. The van der Waals surface area contributed by atoms with Crippen molar-refractivity contribution in [2.75, 3.05) is 6.61 Å². The average Bonchev–Trinajstić information content (AvgIpc) is 2.52. The predicted octanol–water partition coefficient (Wildman–Crippen LogP) is 4.28. The molecule has 2 aromatic rings. The number of halogens is 6. The van der Waals surface area contributed by atoms with Crippen LogP contribution in [0.1, 0.15) is 28.8 Å². The van der Waals surface area contributed by atoms with Crippen molar-refractivity contribution in [3.8, 4) is 17.0 Å². The van der Waals surface area contributed by atoms with E-state index in [1.54, 1.807) is 0 Å². The third kappa shape index (κ3) is 4.21. The van der Waals surface area contributed by atoms with Gasteiger partial charge in [0.15, 0.2) is 0 Å². The topological polar surface area (TPSA) is 72.3 Å². The highest BCUT2D eigenvalue weighted by Gasteiger charge is 2.36. The van der Waals surface area contributed by atoms with E-state index in [0.29, 0.717) is 12.1 Å². The number of aromatic carboxylic acids is 1. The Labute approximate surface area is 142 Å². The van der Waals surface area contributed by atoms with Gasteiger partial charge < -0.3 is 9.84 Å². The summed E-state index contributed by atoms with van der Waals surface area (Å²) in [6, 6.07) is 2.79. The van der Waals surface area contributed by atoms with Gasteiger partial charge in [0, 0.05) is 5.56 Å². The molecule has 26 heavy (non-hydrogen) atoms. The average molecular weight is 380 g/mol. The van der Waals surface area contributed by atoms with Gasteiger partial charge in [-0.3, -0.25) is 0 Å². The number of alkyl halides is 6. The maximum Gasteiger partial charge on any atom is 0.433 e. The third-order valence-corrected chi connectivity index (χ3v) is 3.09. The monoisotopic (exact) mass is 380 g/mol. The Bertz CT molecular complexity index is 833. The molecule has 0 unspecified atom stereocenters. The highest BCUT2D eigenvalue weighted by Crippen LogP contribution is 2.39. The molecule has 140 valence electrons. The van der Waals surface area contributed by atoms with Gasteiger partial charge >= 0.3 is 18.3 Å². The van der Waals surface area contributed by atoms with Gasteiger partial charge in [-0.25, -0.2) is 14.8 Å². The molecule has 1 N–H and O–H groups in total. The summed E-state index contributed by atoms with van der Waals surface area (Å²) in [7, 11) is 0. The Morgan fingerprint density at radius 2 is 1.73 bits per heavy atom. The first-order valence-electron chi connectivity index (χ1n) is 6.97. The minimum absolute atomic E-state index is 0.121. The quantitative estimate of drug-likeness (QED) is 0.802. The van der Waals surface area contributed by atoms with Gasteiger partial charge in [0.1, 0.15) is 11.4 Å². The van der Waals surface area contributed by atoms with Gasteiger partial charge in [-0.15, -0.1) is 0 Å². The second kappa shape index (κ2) is 6.81. The third-order valence-electron chi connectivity index (χ3n) is 3.09. The Hall–Kier alpha value is -2.85. The SMILES string of the molecule is CCOc1cc(-c2cc(C(F)(F)F)nc(C(=O)O)n2)ccc1C(F)(F)F. The zero-order chi connectivity index (χ0) is 19.7. The maximum absolute atomic E-state index is 13.0. The predicted molar refractivity (Wildman–Crippen MR) is 75.6 cm³/mol. The van der Waals surface area contributed by atoms with Crippen molar-refractivity contribution in [1.82, 2.24) is 9.97 Å². The van der Waals surface area contributed by atoms with Crippen molar-refractivity contribution >= 4 is 5.97 Å². The molecule has 5 nitrogen and oxygen atoms in total. The Morgan fingerprint density at radius 3 is 2.23 bits per heavy atom. The molecule has 0 bridgehead atoms. The number of carboxylic acid groups (broad SMARTS) is 1. The van der Waals surface area contributed by atoms with Gasteiger partial charge in [-0.05, 0) is 25.1 Å². The van der Waals surface area contributed by atoms with E-state index in [0.717, 1.165) is 12.1 Å². The normalized spacial score (nSPS) is 12.1. The molecule has 0 aliphatic heterocycles. The molecule has 0 aliphatic rings. The van der Waals surface area contributed by atoms with Crippen molar-refractivity contribution in [3.63, 3.8) is 0 Å². The number of aromatic nitrogens is 2. The second-order valence-electron chi connectivity index (χ2n) is 4.91. The first-order valence-corrected chi connectivity index (χ1v) is 6.97. The Balaban J connectivity index is 2.65. The number of carbonyl (C=O) groups is 1. The van der Waals surface area contributed by atoms with Crippen LogP contribution >= 0.6 is 0 Å². The summed E-state index contributed by atoms with van der Waals surface area (Å²) in [4.78, 5) is 17.3. The summed E-state index contributed by atoms with van der Waals surface area (Å²) in [6.07, 6.45) is -9.70. The van der Waals surface area contributed by atoms with E-state index < -0.39 is 46.8 Å². The van der Waals surface area contributed by atoms with Crippen LogP contribution in [0.25, 0.3) is 11.3 Å². The largest absolute Gasteiger partial charge is 0.493 e. The van der Waals surface area contributed by atoms with Crippen LogP contribution in [-0.4, -0.2) is 27.7 Å². The molecule has 0 saturated heterocycles. The molecule has 0 atom stereocenters. The number of rotatable bonds is 4. The molecule has 1 aromatic carbocycles. The van der Waals surface area contributed by atoms with Crippen LogP contribution in [0.2, 0.25) is 0 Å². The van der Waals surface area contributed by atoms with Crippen molar-refractivity contribution in [2.24, 2.45) is 0 Å². The maximum atomic E-state index is 13.0. The standard InChI is InChI=1S/C15H10F6N2O3/c1-2-26-10-5-7(3-4-8(10)14(16,17)18)9-6-11(15(19,20)21)23-12(22-9)13(24)25/h3-6H,2H2,1H3,(H,24,25). The fraction of sp³-hybridized carbons (Fsp3) is 0.267. The van der Waals surface area contributed by atoms with Gasteiger partial charge in [-0.2, -0.15) is 26.3 Å². The van der Waals surface area contributed by atoms with E-state index >= 15 is 0 Å². The zero-order valence-corrected chi connectivity index (χ0v) is 12.9. The van der Waals surface area contributed by atoms with Gasteiger partial charge in [0.25, 0.3) is 0 Å². The summed E-state index contributed by atoms with van der Waals surface area (Å²) >= 11 is 0. The lowest BCUT2D eigenvalue weighted by atomic mass is 10.1. The summed E-state index contributed by atoms with van der Waals surface area (Å²) in [5.41, 5.74) is -3.33. The number of hydrogen-bond donors (Lipinski definition) is 1. The molecule has 0 amide bonds. The summed E-state index contributed by atoms with van der Waals surface area (Å²) in [5, 5.41) is 8.87. The molecule has 0 radical (unpaired) electrons. The van der Waals surface area contributed by atoms with E-state index in [1.165, 1.54) is 6.92 Å². The highest BCUT2D eigenvalue weighted by atomic mass is 19.4. The minimum atomic E-state index is -4.96. The lowest BCUT2D eigenvalue weighted by molar-refractivity contribution is -0.141. The molecular formula is C15H10F6N2O3. The van der Waals surface area contributed by atoms with E-state index in [-0.39, 0.29) is 12.2 Å². The van der Waals surface area contributed by atoms with Crippen molar-refractivity contribution in [3.05, 3.63) is 41.3 Å². The molecule has 11 heteroatoms. The van der Waals surface area contributed by atoms with Crippen LogP contribution in [0.15, 0.2) is 24.3 Å². The number of hydrogen-bond acceptors (Lipinski definition) is 4. The fourth-order valence-electron chi connectivity index (χ4n) is 2.03. The van der Waals surface area contributed by atoms with Gasteiger partial charge in [0.2, 0.25) is 5.82 Å². The first-order chi connectivity index (χ1) is 11.9. The summed E-state index contributed by atoms with van der Waals surface area (Å²) < 4.78 is 82.5. The molecule has 0 aliphatic carbocycles. The van der Waals surface area contributed by atoms with Crippen LogP contribution in [0.4, 0.5) is 26.3 Å². The van der Waals surface area contributed by atoms with E-state index in [4.69, 9.17) is 9.84 Å². The number of carboxylic acids is 1. The molecule has 0 spiro atoms. The molecule has 2 rings (SSSR count). The van der Waals surface area contributed by atoms with Crippen LogP contribution in [0, 0.1) is 0 Å². The molecule has 0 saturated carbocycles. The molecule has 0 fully saturated rings. The first kappa shape index (κ1) is 19.5. The van der Waals surface area contributed by atoms with Gasteiger partial charge in [0.05, 0.1) is 17.9 Å². The fourth-order valence-corrected chi connectivity index (χ4v) is 2.03. The van der Waals surface area contributed by atoms with Crippen molar-refractivity contribution in [1.29, 1.82) is 0 Å². The van der Waals surface area contributed by atoms with Crippen molar-refractivity contribution < 1.29 is 41.0 Å². The Kier molecular flexibility index (Phi) is 5.10. The number of nitrogens with zero attached hydrogens (tertiary/aromatic N) is 2. The molecular weight excluding hydrogens is 370 g/mol. The van der Waals surface area contributed by atoms with Gasteiger partial charge in [-0.1, -0.05) is 6.07 Å². The molecule has 1 heterocycles. The van der Waals surface area contributed by atoms with Crippen LogP contribution < -0.4 is 4.74 Å². The number of ether oxygens (including phenoxy) is 1. The van der Waals surface area contributed by atoms with Crippen LogP contribution in [-0.2, 0) is 12.4 Å². The van der Waals surface area contributed by atoms with E-state index in [9.17, 15) is 31.1 Å². The second-order valence-corrected chi connectivity index (χ2v) is 4.91. The smallest absolute Gasteiger partial charge is 0.433 e.